The van der Waals surface area contributed by atoms with E-state index in [1.54, 1.807) is 6.08 Å². The minimum atomic E-state index is -0.150. The molecule has 0 spiro atoms. The van der Waals surface area contributed by atoms with E-state index in [0.717, 1.165) is 17.8 Å². The van der Waals surface area contributed by atoms with Gasteiger partial charge in [-0.05, 0) is 91.9 Å². The smallest absolute Gasteiger partial charge is 0.331 e. The van der Waals surface area contributed by atoms with Gasteiger partial charge in [0.15, 0.2) is 0 Å². The average Bonchev–Trinajstić information content (AvgIpc) is 3.28. The van der Waals surface area contributed by atoms with Crippen molar-refractivity contribution >= 4 is 12.4 Å². The number of cyclic esters (lactones) is 1. The van der Waals surface area contributed by atoms with Crippen LogP contribution in [0.1, 0.15) is 71.1 Å². The average molecular weight is 387 g/mol. The molecule has 4 saturated carbocycles. The number of hydrogen-bond acceptors (Lipinski definition) is 4. The normalized spacial score (nSPS) is 47.4. The molecule has 0 amide bonds. The Balaban J connectivity index is 1.44. The SMILES string of the molecule is C[C@]12CC[C@H]3[C@@H](CC[C@@H]4CCCC[C@@]43COC=O)[C@@H]1CC[C@@H]2C1=CC(=O)OC1. The van der Waals surface area contributed by atoms with Crippen LogP contribution in [0.5, 0.6) is 0 Å². The van der Waals surface area contributed by atoms with Gasteiger partial charge in [0.2, 0.25) is 0 Å². The van der Waals surface area contributed by atoms with Crippen molar-refractivity contribution in [3.8, 4) is 0 Å². The molecule has 0 bridgehead atoms. The van der Waals surface area contributed by atoms with E-state index in [-0.39, 0.29) is 11.4 Å². The Morgan fingerprint density at radius 1 is 1.11 bits per heavy atom. The zero-order valence-corrected chi connectivity index (χ0v) is 17.2. The second-order valence-electron chi connectivity index (χ2n) is 10.5. The van der Waals surface area contributed by atoms with Crippen LogP contribution in [0.15, 0.2) is 11.6 Å². The molecule has 0 unspecified atom stereocenters. The van der Waals surface area contributed by atoms with Gasteiger partial charge in [-0.25, -0.2) is 4.79 Å². The van der Waals surface area contributed by atoms with E-state index < -0.39 is 0 Å². The molecule has 4 nitrogen and oxygen atoms in total. The molecule has 0 radical (unpaired) electrons. The summed E-state index contributed by atoms with van der Waals surface area (Å²) in [7, 11) is 0. The lowest BCUT2D eigenvalue weighted by molar-refractivity contribution is -0.158. The first kappa shape index (κ1) is 18.7. The summed E-state index contributed by atoms with van der Waals surface area (Å²) < 4.78 is 10.7. The maximum absolute atomic E-state index is 11.7. The van der Waals surface area contributed by atoms with Gasteiger partial charge in [-0.2, -0.15) is 0 Å². The van der Waals surface area contributed by atoms with Gasteiger partial charge in [-0.1, -0.05) is 19.8 Å². The van der Waals surface area contributed by atoms with E-state index in [0.29, 0.717) is 36.9 Å². The second-order valence-corrected chi connectivity index (χ2v) is 10.5. The summed E-state index contributed by atoms with van der Waals surface area (Å²) in [4.78, 5) is 22.7. The molecule has 4 heteroatoms. The third kappa shape index (κ3) is 2.62. The topological polar surface area (TPSA) is 52.6 Å². The van der Waals surface area contributed by atoms with Crippen LogP contribution in [-0.2, 0) is 19.1 Å². The molecule has 1 heterocycles. The van der Waals surface area contributed by atoms with Gasteiger partial charge >= 0.3 is 5.97 Å². The number of fused-ring (bicyclic) bond motifs is 5. The molecule has 1 aliphatic heterocycles. The highest BCUT2D eigenvalue weighted by molar-refractivity contribution is 5.85. The highest BCUT2D eigenvalue weighted by Gasteiger charge is 2.61. The van der Waals surface area contributed by atoms with Gasteiger partial charge in [-0.15, -0.1) is 0 Å². The summed E-state index contributed by atoms with van der Waals surface area (Å²) in [5.74, 6) is 3.31. The van der Waals surface area contributed by atoms with Crippen LogP contribution in [0.4, 0.5) is 0 Å². The highest BCUT2D eigenvalue weighted by atomic mass is 16.5. The van der Waals surface area contributed by atoms with Crippen molar-refractivity contribution in [2.75, 3.05) is 13.2 Å². The standard InChI is InChI=1S/C24H34O4/c1-23-11-9-21-18(20(23)8-7-19(23)16-12-22(26)28-13-16)6-5-17-4-2-3-10-24(17,21)14-27-15-25/h12,15,17-21H,2-11,13-14H2,1H3/t17-,18-,19+,20-,21-,23+,24+/m0/s1. The molecule has 4 aliphatic carbocycles. The van der Waals surface area contributed by atoms with Crippen LogP contribution >= 0.6 is 0 Å². The van der Waals surface area contributed by atoms with Crippen LogP contribution < -0.4 is 0 Å². The number of carbonyl (C=O) groups is 2. The van der Waals surface area contributed by atoms with Gasteiger partial charge in [0.05, 0.1) is 6.61 Å². The Kier molecular flexibility index (Phi) is 4.59. The number of hydrogen-bond donors (Lipinski definition) is 0. The summed E-state index contributed by atoms with van der Waals surface area (Å²) >= 11 is 0. The molecule has 7 atom stereocenters. The van der Waals surface area contributed by atoms with Crippen LogP contribution in [0.2, 0.25) is 0 Å². The van der Waals surface area contributed by atoms with E-state index in [1.807, 2.05) is 0 Å². The Morgan fingerprint density at radius 3 is 2.79 bits per heavy atom. The minimum absolute atomic E-state index is 0.150. The number of carbonyl (C=O) groups excluding carboxylic acids is 2. The third-order valence-corrected chi connectivity index (χ3v) is 9.83. The van der Waals surface area contributed by atoms with Crippen LogP contribution in [0, 0.1) is 40.4 Å². The van der Waals surface area contributed by atoms with Gasteiger partial charge in [-0.3, -0.25) is 4.79 Å². The number of esters is 1. The first-order valence-electron chi connectivity index (χ1n) is 11.5. The first-order valence-corrected chi connectivity index (χ1v) is 11.5. The van der Waals surface area contributed by atoms with Crippen molar-refractivity contribution in [3.63, 3.8) is 0 Å². The zero-order valence-electron chi connectivity index (χ0n) is 17.2. The van der Waals surface area contributed by atoms with Gasteiger partial charge in [0, 0.05) is 11.5 Å². The van der Waals surface area contributed by atoms with E-state index in [1.165, 1.54) is 69.8 Å². The number of rotatable bonds is 4. The molecule has 5 aliphatic rings. The second kappa shape index (κ2) is 6.88. The molecule has 28 heavy (non-hydrogen) atoms. The summed E-state index contributed by atoms with van der Waals surface area (Å²) in [5, 5.41) is 0. The van der Waals surface area contributed by atoms with Gasteiger partial charge in [0.25, 0.3) is 6.47 Å². The van der Waals surface area contributed by atoms with Crippen molar-refractivity contribution in [2.45, 2.75) is 71.1 Å². The first-order chi connectivity index (χ1) is 13.6. The Labute approximate surface area is 168 Å². The van der Waals surface area contributed by atoms with E-state index in [2.05, 4.69) is 6.92 Å². The van der Waals surface area contributed by atoms with Crippen molar-refractivity contribution in [3.05, 3.63) is 11.6 Å². The van der Waals surface area contributed by atoms with Crippen LogP contribution in [-0.4, -0.2) is 25.7 Å². The molecule has 4 fully saturated rings. The molecule has 0 N–H and O–H groups in total. The molecular formula is C24H34O4. The fourth-order valence-electron chi connectivity index (χ4n) is 8.74. The lowest BCUT2D eigenvalue weighted by Gasteiger charge is -2.61. The lowest BCUT2D eigenvalue weighted by atomic mass is 9.44. The summed E-state index contributed by atoms with van der Waals surface area (Å²) in [5.41, 5.74) is 1.78. The number of ether oxygens (including phenoxy) is 2. The lowest BCUT2D eigenvalue weighted by Crippen LogP contribution is -2.55. The summed E-state index contributed by atoms with van der Waals surface area (Å²) in [6.45, 7) is 4.32. The third-order valence-electron chi connectivity index (χ3n) is 9.83. The summed E-state index contributed by atoms with van der Waals surface area (Å²) in [6.07, 6.45) is 14.6. The quantitative estimate of drug-likeness (QED) is 0.520. The zero-order chi connectivity index (χ0) is 19.4. The molecule has 5 rings (SSSR count). The van der Waals surface area contributed by atoms with Crippen molar-refractivity contribution < 1.29 is 19.1 Å². The Morgan fingerprint density at radius 2 is 2.00 bits per heavy atom. The van der Waals surface area contributed by atoms with Crippen LogP contribution in [0.25, 0.3) is 0 Å². The van der Waals surface area contributed by atoms with Crippen molar-refractivity contribution in [2.24, 2.45) is 40.4 Å². The molecule has 0 aromatic rings. The molecule has 154 valence electrons. The molecule has 0 aromatic carbocycles. The largest absolute Gasteiger partial charge is 0.467 e. The van der Waals surface area contributed by atoms with E-state index in [9.17, 15) is 9.59 Å². The monoisotopic (exact) mass is 386 g/mol. The van der Waals surface area contributed by atoms with Crippen molar-refractivity contribution in [1.82, 2.24) is 0 Å². The Hall–Kier alpha value is -1.32. The fraction of sp³-hybridized carbons (Fsp3) is 0.833. The van der Waals surface area contributed by atoms with Crippen LogP contribution in [0.3, 0.4) is 0 Å². The highest BCUT2D eigenvalue weighted by Crippen LogP contribution is 2.68. The van der Waals surface area contributed by atoms with E-state index in [4.69, 9.17) is 9.47 Å². The maximum atomic E-state index is 11.7. The van der Waals surface area contributed by atoms with Crippen molar-refractivity contribution in [1.29, 1.82) is 0 Å². The summed E-state index contributed by atoms with van der Waals surface area (Å²) in [6, 6.07) is 0. The van der Waals surface area contributed by atoms with Gasteiger partial charge in [0.1, 0.15) is 6.61 Å². The molecular weight excluding hydrogens is 352 g/mol. The predicted molar refractivity (Wildman–Crippen MR) is 105 cm³/mol. The van der Waals surface area contributed by atoms with Gasteiger partial charge < -0.3 is 9.47 Å². The maximum Gasteiger partial charge on any atom is 0.331 e. The fourth-order valence-corrected chi connectivity index (χ4v) is 8.74. The predicted octanol–water partition coefficient (Wildman–Crippen LogP) is 4.67. The molecule has 0 saturated heterocycles. The van der Waals surface area contributed by atoms with E-state index >= 15 is 0 Å². The molecule has 0 aromatic heterocycles. The Bertz CT molecular complexity index is 684. The minimum Gasteiger partial charge on any atom is -0.467 e.